The Kier molecular flexibility index (Phi) is 6.92. The molecule has 11 heteroatoms. The number of nitrogens with two attached hydrogens (primary N) is 1. The number of anilines is 1. The van der Waals surface area contributed by atoms with Crippen molar-refractivity contribution in [2.75, 3.05) is 5.73 Å². The summed E-state index contributed by atoms with van der Waals surface area (Å²) in [6.45, 7) is 4.25. The second-order valence-electron chi connectivity index (χ2n) is 7.46. The van der Waals surface area contributed by atoms with E-state index in [2.05, 4.69) is 35.8 Å². The summed E-state index contributed by atoms with van der Waals surface area (Å²) in [6.07, 6.45) is 1.27. The summed E-state index contributed by atoms with van der Waals surface area (Å²) in [5.74, 6) is 0.488. The van der Waals surface area contributed by atoms with Crippen molar-refractivity contribution in [3.05, 3.63) is 77.1 Å². The third kappa shape index (κ3) is 5.09. The number of hydrogen-bond acceptors (Lipinski definition) is 9. The predicted octanol–water partition coefficient (Wildman–Crippen LogP) is 2.92. The van der Waals surface area contributed by atoms with Crippen LogP contribution in [0.4, 0.5) is 5.82 Å². The van der Waals surface area contributed by atoms with E-state index >= 15 is 0 Å². The fourth-order valence-electron chi connectivity index (χ4n) is 3.23. The minimum atomic E-state index is -0.494. The van der Waals surface area contributed by atoms with Crippen LogP contribution in [0.15, 0.2) is 64.3 Å². The summed E-state index contributed by atoms with van der Waals surface area (Å²) in [4.78, 5) is 12.8. The van der Waals surface area contributed by atoms with Crippen LogP contribution in [-0.2, 0) is 13.0 Å². The van der Waals surface area contributed by atoms with Crippen molar-refractivity contribution in [2.24, 2.45) is 5.10 Å². The van der Waals surface area contributed by atoms with Gasteiger partial charge in [0, 0.05) is 0 Å². The number of hydrazone groups is 1. The van der Waals surface area contributed by atoms with Gasteiger partial charge in [0.15, 0.2) is 5.69 Å². The molecule has 11 nitrogen and oxygen atoms in total. The second-order valence-corrected chi connectivity index (χ2v) is 7.46. The number of benzene rings is 2. The van der Waals surface area contributed by atoms with Gasteiger partial charge in [0.2, 0.25) is 11.6 Å². The number of hydrogen-bond donors (Lipinski definition) is 2. The monoisotopic (exact) mass is 460 g/mol. The summed E-state index contributed by atoms with van der Waals surface area (Å²) < 4.78 is 11.8. The Morgan fingerprint density at radius 3 is 2.59 bits per heavy atom. The van der Waals surface area contributed by atoms with Gasteiger partial charge in [-0.05, 0) is 59.1 Å². The molecule has 0 aliphatic heterocycles. The molecule has 0 aliphatic carbocycles. The van der Waals surface area contributed by atoms with E-state index in [9.17, 15) is 4.79 Å². The number of amides is 1. The topological polar surface area (TPSA) is 146 Å². The molecule has 0 aliphatic rings. The maximum absolute atomic E-state index is 12.8. The highest BCUT2D eigenvalue weighted by atomic mass is 16.6. The van der Waals surface area contributed by atoms with Crippen molar-refractivity contribution in [1.82, 2.24) is 30.7 Å². The molecular formula is C23H24N8O3. The minimum Gasteiger partial charge on any atom is -0.489 e. The molecular weight excluding hydrogens is 436 g/mol. The predicted molar refractivity (Wildman–Crippen MR) is 125 cm³/mol. The van der Waals surface area contributed by atoms with Crippen molar-refractivity contribution in [1.29, 1.82) is 0 Å². The zero-order chi connectivity index (χ0) is 23.9. The molecule has 2 aromatic heterocycles. The zero-order valence-electron chi connectivity index (χ0n) is 18.8. The zero-order valence-corrected chi connectivity index (χ0v) is 18.8. The van der Waals surface area contributed by atoms with E-state index in [1.807, 2.05) is 61.5 Å². The van der Waals surface area contributed by atoms with Crippen LogP contribution in [0.3, 0.4) is 0 Å². The Balaban J connectivity index is 1.42. The summed E-state index contributed by atoms with van der Waals surface area (Å²) in [6, 6.07) is 17.4. The van der Waals surface area contributed by atoms with Crippen LogP contribution in [0, 0.1) is 0 Å². The third-order valence-electron chi connectivity index (χ3n) is 5.01. The quantitative estimate of drug-likeness (QED) is 0.286. The van der Waals surface area contributed by atoms with Crippen LogP contribution in [0.25, 0.3) is 5.82 Å². The molecule has 3 N–H and O–H groups in total. The van der Waals surface area contributed by atoms with Gasteiger partial charge in [0.05, 0.1) is 11.4 Å². The summed E-state index contributed by atoms with van der Waals surface area (Å²) >= 11 is 0. The lowest BCUT2D eigenvalue weighted by Crippen LogP contribution is -2.21. The molecule has 0 bridgehead atoms. The highest BCUT2D eigenvalue weighted by molar-refractivity contribution is 6.00. The maximum atomic E-state index is 12.8. The number of nitrogens with one attached hydrogen (secondary N) is 1. The van der Waals surface area contributed by atoms with Crippen molar-refractivity contribution < 1.29 is 14.2 Å². The maximum Gasteiger partial charge on any atom is 0.293 e. The van der Waals surface area contributed by atoms with Gasteiger partial charge >= 0.3 is 0 Å². The number of ether oxygens (including phenoxy) is 1. The lowest BCUT2D eigenvalue weighted by Gasteiger charge is -2.08. The largest absolute Gasteiger partial charge is 0.489 e. The summed E-state index contributed by atoms with van der Waals surface area (Å²) in [7, 11) is 0. The van der Waals surface area contributed by atoms with E-state index in [1.54, 1.807) is 6.92 Å². The molecule has 0 saturated heterocycles. The standard InChI is InChI=1S/C23H24N8O3/c1-3-7-19-20(26-30-31(19)22-21(24)28-34-29-22)23(32)27-25-15(2)17-10-12-18(13-11-17)33-14-16-8-5-4-6-9-16/h4-6,8-13H,3,7,14H2,1-2H3,(H2,24,28)(H,27,32)/b25-15+. The van der Waals surface area contributed by atoms with Gasteiger partial charge in [-0.2, -0.15) is 9.78 Å². The first-order valence-electron chi connectivity index (χ1n) is 10.7. The molecule has 0 atom stereocenters. The van der Waals surface area contributed by atoms with Crippen LogP contribution in [0.5, 0.6) is 5.75 Å². The fraction of sp³-hybridized carbons (Fsp3) is 0.217. The molecule has 1 amide bonds. The molecule has 2 heterocycles. The number of carbonyl (C=O) groups excluding carboxylic acids is 1. The molecule has 4 rings (SSSR count). The Bertz CT molecular complexity index is 1280. The number of aromatic nitrogens is 5. The van der Waals surface area contributed by atoms with Gasteiger partial charge in [-0.15, -0.1) is 5.10 Å². The van der Waals surface area contributed by atoms with Crippen LogP contribution < -0.4 is 15.9 Å². The summed E-state index contributed by atoms with van der Waals surface area (Å²) in [5.41, 5.74) is 11.5. The molecule has 2 aromatic carbocycles. The Morgan fingerprint density at radius 2 is 1.91 bits per heavy atom. The molecule has 4 aromatic rings. The lowest BCUT2D eigenvalue weighted by atomic mass is 10.1. The fourth-order valence-corrected chi connectivity index (χ4v) is 3.23. The van der Waals surface area contributed by atoms with E-state index < -0.39 is 5.91 Å². The molecule has 0 spiro atoms. The van der Waals surface area contributed by atoms with E-state index in [1.165, 1.54) is 4.68 Å². The number of nitrogens with zero attached hydrogens (tertiary/aromatic N) is 6. The highest BCUT2D eigenvalue weighted by Gasteiger charge is 2.23. The molecule has 0 saturated carbocycles. The minimum absolute atomic E-state index is 0.0549. The third-order valence-corrected chi connectivity index (χ3v) is 5.01. The molecule has 174 valence electrons. The van der Waals surface area contributed by atoms with Crippen LogP contribution in [-0.4, -0.2) is 36.9 Å². The first-order chi connectivity index (χ1) is 16.6. The van der Waals surface area contributed by atoms with Gasteiger partial charge in [-0.3, -0.25) is 4.79 Å². The van der Waals surface area contributed by atoms with Crippen LogP contribution in [0.2, 0.25) is 0 Å². The van der Waals surface area contributed by atoms with E-state index in [0.717, 1.165) is 23.3 Å². The Hall–Kier alpha value is -4.54. The van der Waals surface area contributed by atoms with E-state index in [0.29, 0.717) is 24.4 Å². The molecule has 0 fully saturated rings. The average molecular weight is 460 g/mol. The first kappa shape index (κ1) is 22.6. The lowest BCUT2D eigenvalue weighted by molar-refractivity contribution is 0.0948. The normalized spacial score (nSPS) is 11.4. The van der Waals surface area contributed by atoms with Crippen molar-refractivity contribution in [2.45, 2.75) is 33.3 Å². The van der Waals surface area contributed by atoms with Gasteiger partial charge in [-0.25, -0.2) is 10.1 Å². The van der Waals surface area contributed by atoms with Crippen molar-refractivity contribution in [3.8, 4) is 11.6 Å². The van der Waals surface area contributed by atoms with Crippen molar-refractivity contribution >= 4 is 17.4 Å². The van der Waals surface area contributed by atoms with Crippen LogP contribution >= 0.6 is 0 Å². The summed E-state index contributed by atoms with van der Waals surface area (Å²) in [5, 5.41) is 19.5. The van der Waals surface area contributed by atoms with E-state index in [4.69, 9.17) is 10.5 Å². The second kappa shape index (κ2) is 10.4. The SMILES string of the molecule is CCCc1c(C(=O)N/N=C(\C)c2ccc(OCc3ccccc3)cc2)nnn1-c1nonc1N. The number of rotatable bonds is 9. The van der Waals surface area contributed by atoms with Gasteiger partial charge < -0.3 is 10.5 Å². The van der Waals surface area contributed by atoms with Crippen molar-refractivity contribution in [3.63, 3.8) is 0 Å². The van der Waals surface area contributed by atoms with Gasteiger partial charge in [-0.1, -0.05) is 48.9 Å². The average Bonchev–Trinajstić information content (AvgIpc) is 3.48. The van der Waals surface area contributed by atoms with Crippen LogP contribution in [0.1, 0.15) is 47.6 Å². The molecule has 0 radical (unpaired) electrons. The molecule has 34 heavy (non-hydrogen) atoms. The number of carbonyl (C=O) groups is 1. The van der Waals surface area contributed by atoms with E-state index in [-0.39, 0.29) is 17.3 Å². The highest BCUT2D eigenvalue weighted by Crippen LogP contribution is 2.18. The van der Waals surface area contributed by atoms with Gasteiger partial charge in [0.1, 0.15) is 12.4 Å². The Morgan fingerprint density at radius 1 is 1.15 bits per heavy atom. The van der Waals surface area contributed by atoms with Gasteiger partial charge in [0.25, 0.3) is 5.91 Å². The first-order valence-corrected chi connectivity index (χ1v) is 10.7. The Labute approximate surface area is 195 Å². The number of nitrogen functional groups attached to an aromatic ring is 1. The smallest absolute Gasteiger partial charge is 0.293 e. The molecule has 0 unspecified atom stereocenters.